The first-order valence-electron chi connectivity index (χ1n) is 7.08. The third-order valence-corrected chi connectivity index (χ3v) is 3.80. The minimum Gasteiger partial charge on any atom is -0.397 e. The highest BCUT2D eigenvalue weighted by atomic mass is 19.1. The van der Waals surface area contributed by atoms with Crippen LogP contribution in [0.25, 0.3) is 0 Å². The molecule has 1 amide bonds. The Morgan fingerprint density at radius 3 is 2.85 bits per heavy atom. The van der Waals surface area contributed by atoms with Gasteiger partial charge in [-0.2, -0.15) is 0 Å². The van der Waals surface area contributed by atoms with Gasteiger partial charge in [-0.3, -0.25) is 4.79 Å². The number of halogens is 1. The quantitative estimate of drug-likeness (QED) is 0.786. The fourth-order valence-corrected chi connectivity index (χ4v) is 2.36. The van der Waals surface area contributed by atoms with Crippen LogP contribution in [0, 0.1) is 11.7 Å². The SMILES string of the molecule is CN(CCC(=O)Nc1ccc(F)cc1N)CC1CCC1. The standard InChI is InChI=1S/C15H22FN3O/c1-19(10-11-3-2-4-11)8-7-15(20)18-14-6-5-12(16)9-13(14)17/h5-6,9,11H,2-4,7-8,10,17H2,1H3,(H,18,20). The Morgan fingerprint density at radius 2 is 2.25 bits per heavy atom. The van der Waals surface area contributed by atoms with Gasteiger partial charge in [0, 0.05) is 19.5 Å². The maximum absolute atomic E-state index is 12.9. The molecule has 4 nitrogen and oxygen atoms in total. The van der Waals surface area contributed by atoms with Crippen LogP contribution in [0.2, 0.25) is 0 Å². The third-order valence-electron chi connectivity index (χ3n) is 3.80. The number of nitrogens with zero attached hydrogens (tertiary/aromatic N) is 1. The van der Waals surface area contributed by atoms with E-state index in [0.29, 0.717) is 12.1 Å². The summed E-state index contributed by atoms with van der Waals surface area (Å²) in [6.45, 7) is 1.79. The number of carbonyl (C=O) groups excluding carboxylic acids is 1. The molecule has 0 unspecified atom stereocenters. The van der Waals surface area contributed by atoms with Crippen molar-refractivity contribution in [2.24, 2.45) is 5.92 Å². The minimum atomic E-state index is -0.402. The van der Waals surface area contributed by atoms with E-state index in [1.807, 2.05) is 7.05 Å². The molecule has 1 aromatic carbocycles. The van der Waals surface area contributed by atoms with Gasteiger partial charge in [-0.05, 0) is 44.0 Å². The molecule has 2 rings (SSSR count). The molecule has 0 spiro atoms. The molecule has 0 radical (unpaired) electrons. The maximum Gasteiger partial charge on any atom is 0.225 e. The van der Waals surface area contributed by atoms with Crippen LogP contribution in [0.5, 0.6) is 0 Å². The maximum atomic E-state index is 12.9. The summed E-state index contributed by atoms with van der Waals surface area (Å²) in [5.74, 6) is 0.306. The molecule has 3 N–H and O–H groups in total. The molecular formula is C15H22FN3O. The van der Waals surface area contributed by atoms with Crippen LogP contribution < -0.4 is 11.1 Å². The normalized spacial score (nSPS) is 15.2. The first kappa shape index (κ1) is 14.8. The van der Waals surface area contributed by atoms with Crippen LogP contribution in [0.4, 0.5) is 15.8 Å². The van der Waals surface area contributed by atoms with Gasteiger partial charge in [-0.25, -0.2) is 4.39 Å². The summed E-state index contributed by atoms with van der Waals surface area (Å²) in [5.41, 5.74) is 6.37. The summed E-state index contributed by atoms with van der Waals surface area (Å²) >= 11 is 0. The van der Waals surface area contributed by atoms with Crippen molar-refractivity contribution in [2.45, 2.75) is 25.7 Å². The molecule has 1 aliphatic carbocycles. The Bertz CT molecular complexity index is 474. The van der Waals surface area contributed by atoms with E-state index in [9.17, 15) is 9.18 Å². The van der Waals surface area contributed by atoms with E-state index in [4.69, 9.17) is 5.73 Å². The monoisotopic (exact) mass is 279 g/mol. The largest absolute Gasteiger partial charge is 0.397 e. The Hall–Kier alpha value is -1.62. The van der Waals surface area contributed by atoms with Crippen molar-refractivity contribution in [3.8, 4) is 0 Å². The van der Waals surface area contributed by atoms with E-state index in [1.165, 1.54) is 37.5 Å². The first-order valence-corrected chi connectivity index (χ1v) is 7.08. The highest BCUT2D eigenvalue weighted by molar-refractivity contribution is 5.93. The lowest BCUT2D eigenvalue weighted by Gasteiger charge is -2.29. The molecule has 110 valence electrons. The van der Waals surface area contributed by atoms with E-state index in [-0.39, 0.29) is 11.6 Å². The second-order valence-corrected chi connectivity index (χ2v) is 5.59. The van der Waals surface area contributed by atoms with Crippen LogP contribution in [0.3, 0.4) is 0 Å². The van der Waals surface area contributed by atoms with Gasteiger partial charge in [-0.1, -0.05) is 6.42 Å². The summed E-state index contributed by atoms with van der Waals surface area (Å²) in [6, 6.07) is 3.98. The van der Waals surface area contributed by atoms with E-state index in [1.54, 1.807) is 0 Å². The lowest BCUT2D eigenvalue weighted by atomic mass is 9.85. The van der Waals surface area contributed by atoms with Gasteiger partial charge >= 0.3 is 0 Å². The van der Waals surface area contributed by atoms with Gasteiger partial charge in [0.05, 0.1) is 11.4 Å². The first-order chi connectivity index (χ1) is 9.54. The fraction of sp³-hybridized carbons (Fsp3) is 0.533. The van der Waals surface area contributed by atoms with Crippen molar-refractivity contribution in [2.75, 3.05) is 31.2 Å². The van der Waals surface area contributed by atoms with Gasteiger partial charge in [-0.15, -0.1) is 0 Å². The van der Waals surface area contributed by atoms with Crippen molar-refractivity contribution in [1.82, 2.24) is 4.90 Å². The molecule has 20 heavy (non-hydrogen) atoms. The predicted molar refractivity (Wildman–Crippen MR) is 78.9 cm³/mol. The van der Waals surface area contributed by atoms with Crippen molar-refractivity contribution < 1.29 is 9.18 Å². The van der Waals surface area contributed by atoms with Crippen LogP contribution in [0.1, 0.15) is 25.7 Å². The molecule has 0 saturated heterocycles. The Morgan fingerprint density at radius 1 is 1.50 bits per heavy atom. The highest BCUT2D eigenvalue weighted by Gasteiger charge is 2.19. The smallest absolute Gasteiger partial charge is 0.225 e. The summed E-state index contributed by atoms with van der Waals surface area (Å²) in [7, 11) is 2.04. The highest BCUT2D eigenvalue weighted by Crippen LogP contribution is 2.26. The van der Waals surface area contributed by atoms with Gasteiger partial charge in [0.25, 0.3) is 0 Å². The molecule has 0 aliphatic heterocycles. The molecular weight excluding hydrogens is 257 g/mol. The number of nitrogens with two attached hydrogens (primary N) is 1. The Kier molecular flexibility index (Phi) is 4.95. The van der Waals surface area contributed by atoms with Crippen LogP contribution >= 0.6 is 0 Å². The summed E-state index contributed by atoms with van der Waals surface area (Å²) in [4.78, 5) is 14.0. The van der Waals surface area contributed by atoms with E-state index in [0.717, 1.165) is 19.0 Å². The average Bonchev–Trinajstić information content (AvgIpc) is 2.35. The molecule has 0 atom stereocenters. The van der Waals surface area contributed by atoms with Crippen LogP contribution in [0.15, 0.2) is 18.2 Å². The van der Waals surface area contributed by atoms with Gasteiger partial charge in [0.2, 0.25) is 5.91 Å². The summed E-state index contributed by atoms with van der Waals surface area (Å²) < 4.78 is 12.9. The fourth-order valence-electron chi connectivity index (χ4n) is 2.36. The number of rotatable bonds is 6. The molecule has 1 aromatic rings. The van der Waals surface area contributed by atoms with Crippen molar-refractivity contribution in [3.63, 3.8) is 0 Å². The number of nitrogen functional groups attached to an aromatic ring is 1. The average molecular weight is 279 g/mol. The number of nitrogens with one attached hydrogen (secondary N) is 1. The number of benzene rings is 1. The number of anilines is 2. The molecule has 0 aromatic heterocycles. The predicted octanol–water partition coefficient (Wildman–Crippen LogP) is 2.47. The second kappa shape index (κ2) is 6.70. The van der Waals surface area contributed by atoms with Crippen LogP contribution in [-0.4, -0.2) is 30.9 Å². The molecule has 0 heterocycles. The number of hydrogen-bond acceptors (Lipinski definition) is 3. The molecule has 1 saturated carbocycles. The molecule has 1 fully saturated rings. The van der Waals surface area contributed by atoms with Gasteiger partial charge < -0.3 is 16.0 Å². The number of amides is 1. The Balaban J connectivity index is 1.74. The number of hydrogen-bond donors (Lipinski definition) is 2. The molecule has 1 aliphatic rings. The molecule has 5 heteroatoms. The number of carbonyl (C=O) groups is 1. The second-order valence-electron chi connectivity index (χ2n) is 5.59. The van der Waals surface area contributed by atoms with E-state index in [2.05, 4.69) is 10.2 Å². The lowest BCUT2D eigenvalue weighted by molar-refractivity contribution is -0.116. The van der Waals surface area contributed by atoms with Crippen molar-refractivity contribution in [1.29, 1.82) is 0 Å². The topological polar surface area (TPSA) is 58.4 Å². The van der Waals surface area contributed by atoms with Crippen molar-refractivity contribution >= 4 is 17.3 Å². The zero-order valence-corrected chi connectivity index (χ0v) is 11.9. The van der Waals surface area contributed by atoms with Gasteiger partial charge in [0.1, 0.15) is 5.82 Å². The zero-order chi connectivity index (χ0) is 14.5. The van der Waals surface area contributed by atoms with E-state index < -0.39 is 5.82 Å². The summed E-state index contributed by atoms with van der Waals surface area (Å²) in [6.07, 6.45) is 4.37. The Labute approximate surface area is 119 Å². The van der Waals surface area contributed by atoms with Crippen LogP contribution in [-0.2, 0) is 4.79 Å². The van der Waals surface area contributed by atoms with Gasteiger partial charge in [0.15, 0.2) is 0 Å². The zero-order valence-electron chi connectivity index (χ0n) is 11.9. The molecule has 0 bridgehead atoms. The summed E-state index contributed by atoms with van der Waals surface area (Å²) in [5, 5.41) is 2.72. The lowest BCUT2D eigenvalue weighted by Crippen LogP contribution is -2.31. The minimum absolute atomic E-state index is 0.0937. The van der Waals surface area contributed by atoms with Crippen molar-refractivity contribution in [3.05, 3.63) is 24.0 Å². The van der Waals surface area contributed by atoms with E-state index >= 15 is 0 Å². The third kappa shape index (κ3) is 4.20.